The predicted molar refractivity (Wildman–Crippen MR) is 64.2 cm³/mol. The highest BCUT2D eigenvalue weighted by Gasteiger charge is 2.24. The first-order valence-electron chi connectivity index (χ1n) is 5.66. The van der Waals surface area contributed by atoms with E-state index in [-0.39, 0.29) is 25.1 Å². The number of carboxylic acids is 1. The van der Waals surface area contributed by atoms with Gasteiger partial charge in [0.15, 0.2) is 0 Å². The Labute approximate surface area is 102 Å². The van der Waals surface area contributed by atoms with Crippen LogP contribution >= 0.6 is 0 Å². The normalized spacial score (nSPS) is 12.6. The van der Waals surface area contributed by atoms with Crippen molar-refractivity contribution in [2.75, 3.05) is 12.3 Å². The summed E-state index contributed by atoms with van der Waals surface area (Å²) < 4.78 is 25.3. The molecule has 0 aromatic carbocycles. The van der Waals surface area contributed by atoms with E-state index in [0.29, 0.717) is 12.8 Å². The lowest BCUT2D eigenvalue weighted by Crippen LogP contribution is -2.42. The van der Waals surface area contributed by atoms with E-state index in [1.165, 1.54) is 0 Å². The second-order valence-electron chi connectivity index (χ2n) is 4.07. The summed E-state index contributed by atoms with van der Waals surface area (Å²) in [6.45, 7) is 3.53. The SMILES string of the molecule is CCC(O)(CC)CNS(=O)(=O)CCCC(=O)O. The monoisotopic (exact) mass is 267 g/mol. The average molecular weight is 267 g/mol. The van der Waals surface area contributed by atoms with E-state index in [2.05, 4.69) is 4.72 Å². The fourth-order valence-corrected chi connectivity index (χ4v) is 2.39. The number of rotatable bonds is 9. The predicted octanol–water partition coefficient (Wildman–Crippen LogP) is 0.322. The van der Waals surface area contributed by atoms with Gasteiger partial charge in [-0.3, -0.25) is 4.79 Å². The van der Waals surface area contributed by atoms with E-state index in [4.69, 9.17) is 5.11 Å². The van der Waals surface area contributed by atoms with Crippen molar-refractivity contribution in [3.05, 3.63) is 0 Å². The summed E-state index contributed by atoms with van der Waals surface area (Å²) in [6.07, 6.45) is 0.816. The molecule has 0 radical (unpaired) electrons. The van der Waals surface area contributed by atoms with Gasteiger partial charge < -0.3 is 10.2 Å². The van der Waals surface area contributed by atoms with Crippen molar-refractivity contribution in [2.45, 2.75) is 45.1 Å². The summed E-state index contributed by atoms with van der Waals surface area (Å²) >= 11 is 0. The minimum absolute atomic E-state index is 0.0323. The molecule has 0 heterocycles. The van der Waals surface area contributed by atoms with E-state index >= 15 is 0 Å². The molecule has 0 amide bonds. The molecule has 0 atom stereocenters. The Balaban J connectivity index is 4.14. The molecule has 0 aromatic rings. The first-order valence-corrected chi connectivity index (χ1v) is 7.31. The zero-order valence-electron chi connectivity index (χ0n) is 10.3. The highest BCUT2D eigenvalue weighted by molar-refractivity contribution is 7.89. The van der Waals surface area contributed by atoms with Gasteiger partial charge in [0.1, 0.15) is 0 Å². The second kappa shape index (κ2) is 6.93. The molecule has 0 aliphatic heterocycles. The number of carbonyl (C=O) groups is 1. The van der Waals surface area contributed by atoms with Crippen LogP contribution in [0.5, 0.6) is 0 Å². The molecule has 0 saturated heterocycles. The topological polar surface area (TPSA) is 104 Å². The Morgan fingerprint density at radius 3 is 2.24 bits per heavy atom. The van der Waals surface area contributed by atoms with E-state index < -0.39 is 21.6 Å². The minimum Gasteiger partial charge on any atom is -0.481 e. The Kier molecular flexibility index (Phi) is 6.66. The third-order valence-electron chi connectivity index (χ3n) is 2.74. The Hall–Kier alpha value is -0.660. The van der Waals surface area contributed by atoms with Gasteiger partial charge >= 0.3 is 5.97 Å². The molecule has 0 aromatic heterocycles. The van der Waals surface area contributed by atoms with Crippen LogP contribution in [0.25, 0.3) is 0 Å². The van der Waals surface area contributed by atoms with Gasteiger partial charge in [-0.25, -0.2) is 13.1 Å². The van der Waals surface area contributed by atoms with Crippen molar-refractivity contribution in [1.29, 1.82) is 0 Å². The van der Waals surface area contributed by atoms with E-state index in [1.807, 2.05) is 0 Å². The largest absolute Gasteiger partial charge is 0.481 e. The van der Waals surface area contributed by atoms with Crippen molar-refractivity contribution in [3.8, 4) is 0 Å². The fraction of sp³-hybridized carbons (Fsp3) is 0.900. The number of hydrogen-bond acceptors (Lipinski definition) is 4. The van der Waals surface area contributed by atoms with Gasteiger partial charge in [-0.1, -0.05) is 13.8 Å². The fourth-order valence-electron chi connectivity index (χ4n) is 1.23. The van der Waals surface area contributed by atoms with Crippen molar-refractivity contribution >= 4 is 16.0 Å². The molecule has 3 N–H and O–H groups in total. The van der Waals surface area contributed by atoms with E-state index in [9.17, 15) is 18.3 Å². The quantitative estimate of drug-likeness (QED) is 0.558. The van der Waals surface area contributed by atoms with Crippen LogP contribution in [0.15, 0.2) is 0 Å². The molecule has 17 heavy (non-hydrogen) atoms. The van der Waals surface area contributed by atoms with Crippen LogP contribution in [0, 0.1) is 0 Å². The van der Waals surface area contributed by atoms with E-state index in [0.717, 1.165) is 0 Å². The zero-order valence-corrected chi connectivity index (χ0v) is 11.1. The Bertz CT molecular complexity index is 335. The number of hydrogen-bond donors (Lipinski definition) is 3. The standard InChI is InChI=1S/C10H21NO5S/c1-3-10(14,4-2)8-11-17(15,16)7-5-6-9(12)13/h11,14H,3-8H2,1-2H3,(H,12,13). The molecule has 7 heteroatoms. The van der Waals surface area contributed by atoms with Crippen LogP contribution in [0.4, 0.5) is 0 Å². The molecule has 6 nitrogen and oxygen atoms in total. The summed E-state index contributed by atoms with van der Waals surface area (Å²) in [4.78, 5) is 10.2. The molecule has 102 valence electrons. The summed E-state index contributed by atoms with van der Waals surface area (Å²) in [5.74, 6) is -1.25. The zero-order chi connectivity index (χ0) is 13.5. The number of carboxylic acid groups (broad SMARTS) is 1. The number of sulfonamides is 1. The highest BCUT2D eigenvalue weighted by atomic mass is 32.2. The molecule has 0 bridgehead atoms. The van der Waals surface area contributed by atoms with Crippen molar-refractivity contribution in [2.24, 2.45) is 0 Å². The summed E-state index contributed by atoms with van der Waals surface area (Å²) in [5, 5.41) is 18.3. The molecule has 0 aliphatic carbocycles. The highest BCUT2D eigenvalue weighted by Crippen LogP contribution is 2.13. The number of aliphatic hydroxyl groups is 1. The van der Waals surface area contributed by atoms with Crippen LogP contribution in [0.3, 0.4) is 0 Å². The van der Waals surface area contributed by atoms with Crippen LogP contribution in [0.1, 0.15) is 39.5 Å². The maximum Gasteiger partial charge on any atom is 0.303 e. The molecular weight excluding hydrogens is 246 g/mol. The molecule has 0 unspecified atom stereocenters. The van der Waals surface area contributed by atoms with E-state index in [1.54, 1.807) is 13.8 Å². The van der Waals surface area contributed by atoms with Gasteiger partial charge in [-0.05, 0) is 19.3 Å². The lowest BCUT2D eigenvalue weighted by atomic mass is 9.98. The lowest BCUT2D eigenvalue weighted by molar-refractivity contribution is -0.137. The van der Waals surface area contributed by atoms with Crippen LogP contribution < -0.4 is 4.72 Å². The Morgan fingerprint density at radius 1 is 1.29 bits per heavy atom. The van der Waals surface area contributed by atoms with Crippen molar-refractivity contribution < 1.29 is 23.4 Å². The average Bonchev–Trinajstić information content (AvgIpc) is 2.25. The van der Waals surface area contributed by atoms with Gasteiger partial charge in [-0.15, -0.1) is 0 Å². The molecule has 0 spiro atoms. The first kappa shape index (κ1) is 16.3. The number of aliphatic carboxylic acids is 1. The maximum absolute atomic E-state index is 11.5. The Morgan fingerprint density at radius 2 is 1.82 bits per heavy atom. The van der Waals surface area contributed by atoms with Gasteiger partial charge in [0.2, 0.25) is 10.0 Å². The van der Waals surface area contributed by atoms with Crippen LogP contribution in [-0.4, -0.2) is 42.5 Å². The van der Waals surface area contributed by atoms with Gasteiger partial charge in [-0.2, -0.15) is 0 Å². The first-order chi connectivity index (χ1) is 7.74. The minimum atomic E-state index is -3.50. The maximum atomic E-state index is 11.5. The summed E-state index contributed by atoms with van der Waals surface area (Å²) in [6, 6.07) is 0. The third-order valence-corrected chi connectivity index (χ3v) is 4.15. The van der Waals surface area contributed by atoms with Crippen LogP contribution in [-0.2, 0) is 14.8 Å². The van der Waals surface area contributed by atoms with Gasteiger partial charge in [0.25, 0.3) is 0 Å². The second-order valence-corrected chi connectivity index (χ2v) is 6.00. The van der Waals surface area contributed by atoms with Gasteiger partial charge in [0, 0.05) is 13.0 Å². The molecule has 0 rings (SSSR count). The molecule has 0 saturated carbocycles. The third kappa shape index (κ3) is 7.30. The molecular formula is C10H21NO5S. The van der Waals surface area contributed by atoms with Crippen LogP contribution in [0.2, 0.25) is 0 Å². The molecule has 0 aliphatic rings. The summed E-state index contributed by atoms with van der Waals surface area (Å²) in [5.41, 5.74) is -1.03. The van der Waals surface area contributed by atoms with Gasteiger partial charge in [0.05, 0.1) is 11.4 Å². The molecule has 0 fully saturated rings. The smallest absolute Gasteiger partial charge is 0.303 e. The number of nitrogens with one attached hydrogen (secondary N) is 1. The summed E-state index contributed by atoms with van der Waals surface area (Å²) in [7, 11) is -3.50. The van der Waals surface area contributed by atoms with Crippen molar-refractivity contribution in [3.63, 3.8) is 0 Å². The van der Waals surface area contributed by atoms with Crippen molar-refractivity contribution in [1.82, 2.24) is 4.72 Å². The lowest BCUT2D eigenvalue weighted by Gasteiger charge is -2.25.